The SMILES string of the molecule is CCCCC[CH]CCC(Cl)CC. The van der Waals surface area contributed by atoms with E-state index >= 15 is 0 Å². The Morgan fingerprint density at radius 2 is 1.92 bits per heavy atom. The summed E-state index contributed by atoms with van der Waals surface area (Å²) in [4.78, 5) is 0. The predicted octanol–water partition coefficient (Wildman–Crippen LogP) is 4.57. The minimum atomic E-state index is 0.396. The third-order valence-corrected chi connectivity index (χ3v) is 2.67. The second-order valence-corrected chi connectivity index (χ2v) is 3.98. The maximum Gasteiger partial charge on any atom is 0.0333 e. The highest BCUT2D eigenvalue weighted by Gasteiger charge is 1.99. The van der Waals surface area contributed by atoms with Crippen molar-refractivity contribution in [2.75, 3.05) is 0 Å². The first-order valence-corrected chi connectivity index (χ1v) is 5.70. The van der Waals surface area contributed by atoms with Gasteiger partial charge in [-0.2, -0.15) is 0 Å². The Bertz CT molecular complexity index is 81.1. The standard InChI is InChI=1S/C11H22Cl/c1-3-5-6-7-8-9-10-11(12)4-2/h8,11H,3-7,9-10H2,1-2H3. The van der Waals surface area contributed by atoms with E-state index in [4.69, 9.17) is 11.6 Å². The van der Waals surface area contributed by atoms with Crippen molar-refractivity contribution in [2.24, 2.45) is 0 Å². The summed E-state index contributed by atoms with van der Waals surface area (Å²) in [6.45, 7) is 4.39. The molecule has 0 aliphatic rings. The van der Waals surface area contributed by atoms with E-state index in [1.54, 1.807) is 0 Å². The van der Waals surface area contributed by atoms with Gasteiger partial charge in [0.05, 0.1) is 0 Å². The van der Waals surface area contributed by atoms with Crippen molar-refractivity contribution in [3.8, 4) is 0 Å². The average molecular weight is 190 g/mol. The fourth-order valence-electron chi connectivity index (χ4n) is 1.19. The molecule has 0 amide bonds. The van der Waals surface area contributed by atoms with E-state index < -0.39 is 0 Å². The van der Waals surface area contributed by atoms with Crippen LogP contribution in [0.25, 0.3) is 0 Å². The second-order valence-electron chi connectivity index (χ2n) is 3.37. The number of rotatable bonds is 8. The number of unbranched alkanes of at least 4 members (excludes halogenated alkanes) is 5. The molecule has 0 N–H and O–H groups in total. The summed E-state index contributed by atoms with van der Waals surface area (Å²) in [7, 11) is 0. The molecule has 0 aliphatic carbocycles. The summed E-state index contributed by atoms with van der Waals surface area (Å²) >= 11 is 5.99. The largest absolute Gasteiger partial charge is 0.123 e. The molecule has 0 aromatic rings. The lowest BCUT2D eigenvalue weighted by Gasteiger charge is -2.04. The second kappa shape index (κ2) is 9.38. The van der Waals surface area contributed by atoms with Crippen LogP contribution in [-0.2, 0) is 0 Å². The van der Waals surface area contributed by atoms with E-state index in [1.165, 1.54) is 32.1 Å². The van der Waals surface area contributed by atoms with Crippen LogP contribution in [0.4, 0.5) is 0 Å². The summed E-state index contributed by atoms with van der Waals surface area (Å²) in [5.74, 6) is 0. The molecule has 0 bridgehead atoms. The summed E-state index contributed by atoms with van der Waals surface area (Å²) in [5, 5.41) is 0.396. The zero-order valence-corrected chi connectivity index (χ0v) is 9.24. The maximum atomic E-state index is 5.99. The highest BCUT2D eigenvalue weighted by atomic mass is 35.5. The van der Waals surface area contributed by atoms with Crippen LogP contribution >= 0.6 is 11.6 Å². The van der Waals surface area contributed by atoms with Gasteiger partial charge in [0.15, 0.2) is 0 Å². The minimum Gasteiger partial charge on any atom is -0.123 e. The Hall–Kier alpha value is 0.290. The molecule has 1 atom stereocenters. The molecule has 73 valence electrons. The molecule has 1 radical (unpaired) electrons. The van der Waals surface area contributed by atoms with Crippen LogP contribution in [0.2, 0.25) is 0 Å². The van der Waals surface area contributed by atoms with E-state index in [1.807, 2.05) is 0 Å². The highest BCUT2D eigenvalue weighted by molar-refractivity contribution is 6.20. The average Bonchev–Trinajstić information content (AvgIpc) is 2.10. The molecule has 0 heterocycles. The first-order valence-electron chi connectivity index (χ1n) is 5.27. The minimum absolute atomic E-state index is 0.396. The monoisotopic (exact) mass is 189 g/mol. The van der Waals surface area contributed by atoms with Crippen LogP contribution < -0.4 is 0 Å². The molecule has 0 saturated carbocycles. The molecule has 0 aliphatic heterocycles. The summed E-state index contributed by atoms with van der Waals surface area (Å²) in [6, 6.07) is 0. The Morgan fingerprint density at radius 1 is 1.17 bits per heavy atom. The van der Waals surface area contributed by atoms with Crippen LogP contribution in [0.5, 0.6) is 0 Å². The van der Waals surface area contributed by atoms with E-state index in [0.29, 0.717) is 5.38 Å². The Kier molecular flexibility index (Phi) is 9.61. The van der Waals surface area contributed by atoms with E-state index in [2.05, 4.69) is 20.3 Å². The fraction of sp³-hybridized carbons (Fsp3) is 0.909. The Morgan fingerprint density at radius 3 is 2.50 bits per heavy atom. The smallest absolute Gasteiger partial charge is 0.0333 e. The van der Waals surface area contributed by atoms with Gasteiger partial charge < -0.3 is 0 Å². The van der Waals surface area contributed by atoms with Crippen molar-refractivity contribution in [2.45, 2.75) is 64.2 Å². The van der Waals surface area contributed by atoms with Gasteiger partial charge in [-0.3, -0.25) is 0 Å². The van der Waals surface area contributed by atoms with Crippen molar-refractivity contribution in [1.29, 1.82) is 0 Å². The van der Waals surface area contributed by atoms with Crippen LogP contribution in [0, 0.1) is 6.42 Å². The third kappa shape index (κ3) is 8.39. The van der Waals surface area contributed by atoms with Gasteiger partial charge in [-0.25, -0.2) is 0 Å². The predicted molar refractivity (Wildman–Crippen MR) is 57.6 cm³/mol. The summed E-state index contributed by atoms with van der Waals surface area (Å²) < 4.78 is 0. The summed E-state index contributed by atoms with van der Waals surface area (Å²) in [6.07, 6.45) is 11.2. The first kappa shape index (κ1) is 12.3. The van der Waals surface area contributed by atoms with Gasteiger partial charge in [-0.15, -0.1) is 11.6 Å². The fourth-order valence-corrected chi connectivity index (χ4v) is 1.31. The van der Waals surface area contributed by atoms with E-state index in [-0.39, 0.29) is 0 Å². The quantitative estimate of drug-likeness (QED) is 0.388. The van der Waals surface area contributed by atoms with Crippen molar-refractivity contribution in [3.05, 3.63) is 6.42 Å². The zero-order valence-electron chi connectivity index (χ0n) is 8.48. The van der Waals surface area contributed by atoms with E-state index in [0.717, 1.165) is 12.8 Å². The highest BCUT2D eigenvalue weighted by Crippen LogP contribution is 2.12. The first-order chi connectivity index (χ1) is 5.81. The molecule has 0 saturated heterocycles. The Labute approximate surface area is 82.7 Å². The van der Waals surface area contributed by atoms with Crippen molar-refractivity contribution in [3.63, 3.8) is 0 Å². The normalized spacial score (nSPS) is 13.2. The lowest BCUT2D eigenvalue weighted by atomic mass is 10.1. The third-order valence-electron chi connectivity index (χ3n) is 2.14. The molecular weight excluding hydrogens is 168 g/mol. The van der Waals surface area contributed by atoms with Crippen molar-refractivity contribution >= 4 is 11.6 Å². The van der Waals surface area contributed by atoms with Crippen molar-refractivity contribution in [1.82, 2.24) is 0 Å². The number of alkyl halides is 1. The molecule has 0 rings (SSSR count). The molecule has 12 heavy (non-hydrogen) atoms. The lowest BCUT2D eigenvalue weighted by Crippen LogP contribution is -1.95. The van der Waals surface area contributed by atoms with Crippen LogP contribution in [0.1, 0.15) is 58.8 Å². The zero-order chi connectivity index (χ0) is 9.23. The summed E-state index contributed by atoms with van der Waals surface area (Å²) in [5.41, 5.74) is 0. The van der Waals surface area contributed by atoms with Gasteiger partial charge in [0, 0.05) is 5.38 Å². The Balaban J connectivity index is 2.90. The van der Waals surface area contributed by atoms with Gasteiger partial charge in [0.25, 0.3) is 0 Å². The van der Waals surface area contributed by atoms with Crippen LogP contribution in [-0.4, -0.2) is 5.38 Å². The molecule has 0 nitrogen and oxygen atoms in total. The number of halogens is 1. The number of hydrogen-bond donors (Lipinski definition) is 0. The molecule has 0 spiro atoms. The molecule has 0 aromatic carbocycles. The molecule has 0 aromatic heterocycles. The van der Waals surface area contributed by atoms with Crippen LogP contribution in [0.15, 0.2) is 0 Å². The maximum absolute atomic E-state index is 5.99. The van der Waals surface area contributed by atoms with Gasteiger partial charge in [0.1, 0.15) is 0 Å². The topological polar surface area (TPSA) is 0 Å². The lowest BCUT2D eigenvalue weighted by molar-refractivity contribution is 0.658. The number of hydrogen-bond acceptors (Lipinski definition) is 0. The van der Waals surface area contributed by atoms with Gasteiger partial charge in [0.2, 0.25) is 0 Å². The van der Waals surface area contributed by atoms with Gasteiger partial charge >= 0.3 is 0 Å². The molecule has 1 unspecified atom stereocenters. The molecule has 1 heteroatoms. The molecule has 0 fully saturated rings. The van der Waals surface area contributed by atoms with Crippen LogP contribution in [0.3, 0.4) is 0 Å². The van der Waals surface area contributed by atoms with Gasteiger partial charge in [-0.05, 0) is 25.7 Å². The molecular formula is C11H22Cl. The van der Waals surface area contributed by atoms with Gasteiger partial charge in [-0.1, -0.05) is 39.5 Å². The van der Waals surface area contributed by atoms with Crippen molar-refractivity contribution < 1.29 is 0 Å². The van der Waals surface area contributed by atoms with E-state index in [9.17, 15) is 0 Å².